The average Bonchev–Trinajstić information content (AvgIpc) is 3.55. The molecule has 1 unspecified atom stereocenters. The van der Waals surface area contributed by atoms with Crippen molar-refractivity contribution in [3.63, 3.8) is 0 Å². The second kappa shape index (κ2) is 8.73. The summed E-state index contributed by atoms with van der Waals surface area (Å²) in [5.41, 5.74) is -0.795. The highest BCUT2D eigenvalue weighted by Gasteiger charge is 2.70. The molecule has 0 aromatic heterocycles. The van der Waals surface area contributed by atoms with Gasteiger partial charge in [0.15, 0.2) is 0 Å². The van der Waals surface area contributed by atoms with Crippen LogP contribution in [-0.2, 0) is 19.7 Å². The third-order valence-electron chi connectivity index (χ3n) is 8.31. The number of piperidine rings is 1. The van der Waals surface area contributed by atoms with E-state index in [1.807, 2.05) is 36.4 Å². The first kappa shape index (κ1) is 25.5. The maximum atomic E-state index is 14.8. The molecule has 4 aliphatic rings. The van der Waals surface area contributed by atoms with E-state index in [0.29, 0.717) is 17.1 Å². The van der Waals surface area contributed by atoms with E-state index in [4.69, 9.17) is 16.3 Å². The zero-order chi connectivity index (χ0) is 26.0. The lowest BCUT2D eigenvalue weighted by atomic mass is 9.55. The maximum Gasteiger partial charge on any atom is 0.421 e. The van der Waals surface area contributed by atoms with Crippen LogP contribution >= 0.6 is 27.5 Å². The number of fused-ring (bicyclic) bond motifs is 2. The minimum atomic E-state index is -1.11. The van der Waals surface area contributed by atoms with E-state index in [2.05, 4.69) is 28.2 Å². The molecule has 2 aliphatic carbocycles. The number of carbonyl (C=O) groups excluding carboxylic acids is 3. The number of allylic oxidation sites excluding steroid dienone is 4. The molecule has 2 fully saturated rings. The molecule has 2 heterocycles. The van der Waals surface area contributed by atoms with Crippen molar-refractivity contribution in [2.24, 2.45) is 17.3 Å². The lowest BCUT2D eigenvalue weighted by molar-refractivity contribution is -0.138. The number of hydrogen-bond acceptors (Lipinski definition) is 4. The average molecular weight is 576 g/mol. The lowest BCUT2D eigenvalue weighted by Crippen LogP contribution is -2.68. The van der Waals surface area contributed by atoms with Gasteiger partial charge < -0.3 is 10.1 Å². The highest BCUT2D eigenvalue weighted by atomic mass is 79.9. The highest BCUT2D eigenvalue weighted by molar-refractivity contribution is 9.10. The Bertz CT molecular complexity index is 1200. The zero-order valence-electron chi connectivity index (χ0n) is 21.1. The van der Waals surface area contributed by atoms with Crippen molar-refractivity contribution in [2.75, 3.05) is 4.90 Å². The Balaban J connectivity index is 1.75. The zero-order valence-corrected chi connectivity index (χ0v) is 23.4. The fourth-order valence-corrected chi connectivity index (χ4v) is 7.16. The van der Waals surface area contributed by atoms with Gasteiger partial charge >= 0.3 is 6.09 Å². The van der Waals surface area contributed by atoms with Crippen LogP contribution in [0.4, 0.5) is 10.5 Å². The number of hydrogen-bond donors (Lipinski definition) is 1. The van der Waals surface area contributed by atoms with Gasteiger partial charge in [0, 0.05) is 15.9 Å². The van der Waals surface area contributed by atoms with Gasteiger partial charge in [0.2, 0.25) is 11.8 Å². The number of anilines is 1. The number of rotatable bonds is 3. The van der Waals surface area contributed by atoms with Crippen molar-refractivity contribution in [3.8, 4) is 0 Å². The Morgan fingerprint density at radius 3 is 2.61 bits per heavy atom. The predicted octanol–water partition coefficient (Wildman–Crippen LogP) is 6.36. The second-order valence-corrected chi connectivity index (χ2v) is 12.9. The number of ether oxygens (including phenoxy) is 1. The summed E-state index contributed by atoms with van der Waals surface area (Å²) in [5.74, 6) is -0.864. The van der Waals surface area contributed by atoms with E-state index in [-0.39, 0.29) is 35.5 Å². The summed E-state index contributed by atoms with van der Waals surface area (Å²) in [4.78, 5) is 42.8. The van der Waals surface area contributed by atoms with Crippen LogP contribution < -0.4 is 10.2 Å². The van der Waals surface area contributed by atoms with E-state index < -0.39 is 23.2 Å². The molecule has 0 bridgehead atoms. The Hall–Kier alpha value is -2.12. The first-order chi connectivity index (χ1) is 16.9. The minimum Gasteiger partial charge on any atom is -0.443 e. The molecule has 36 heavy (non-hydrogen) atoms. The third-order valence-corrected chi connectivity index (χ3v) is 9.06. The molecule has 0 radical (unpaired) electrons. The molecule has 1 spiro atoms. The minimum absolute atomic E-state index is 0.0587. The van der Waals surface area contributed by atoms with Gasteiger partial charge in [0.25, 0.3) is 0 Å². The quantitative estimate of drug-likeness (QED) is 0.455. The van der Waals surface area contributed by atoms with Gasteiger partial charge in [-0.2, -0.15) is 0 Å². The Morgan fingerprint density at radius 2 is 2.00 bits per heavy atom. The first-order valence-corrected chi connectivity index (χ1v) is 13.8. The monoisotopic (exact) mass is 574 g/mol. The van der Waals surface area contributed by atoms with Crippen LogP contribution in [0.3, 0.4) is 0 Å². The molecule has 1 saturated carbocycles. The molecule has 1 N–H and O–H groups in total. The Kier molecular flexibility index (Phi) is 6.19. The van der Waals surface area contributed by atoms with Crippen LogP contribution in [0.5, 0.6) is 0 Å². The number of nitrogens with zero attached hydrogens (tertiary/aromatic N) is 1. The Labute approximate surface area is 225 Å². The largest absolute Gasteiger partial charge is 0.443 e. The maximum absolute atomic E-state index is 14.8. The summed E-state index contributed by atoms with van der Waals surface area (Å²) in [5, 5.41) is 3.86. The molecule has 6 nitrogen and oxygen atoms in total. The summed E-state index contributed by atoms with van der Waals surface area (Å²) in [6, 6.07) is 5.23. The van der Waals surface area contributed by atoms with Crippen molar-refractivity contribution < 1.29 is 19.1 Å². The van der Waals surface area contributed by atoms with Crippen LogP contribution in [0, 0.1) is 17.3 Å². The summed E-state index contributed by atoms with van der Waals surface area (Å²) < 4.78 is 6.48. The topological polar surface area (TPSA) is 75.7 Å². The van der Waals surface area contributed by atoms with E-state index in [1.165, 1.54) is 4.90 Å². The van der Waals surface area contributed by atoms with Gasteiger partial charge in [-0.3, -0.25) is 9.59 Å². The van der Waals surface area contributed by atoms with Crippen LogP contribution in [0.15, 0.2) is 45.9 Å². The molecule has 1 aromatic rings. The molecule has 5 rings (SSSR count). The van der Waals surface area contributed by atoms with Gasteiger partial charge in [-0.15, -0.1) is 0 Å². The summed E-state index contributed by atoms with van der Waals surface area (Å²) in [7, 11) is 0. The molecular formula is C28H32BrClN2O4. The lowest BCUT2D eigenvalue weighted by Gasteiger charge is -2.51. The van der Waals surface area contributed by atoms with Gasteiger partial charge in [-0.25, -0.2) is 9.69 Å². The van der Waals surface area contributed by atoms with Crippen molar-refractivity contribution in [2.45, 2.75) is 76.9 Å². The summed E-state index contributed by atoms with van der Waals surface area (Å²) in [6.45, 7) is 7.47. The number of nitrogens with one attached hydrogen (secondary N) is 1. The van der Waals surface area contributed by atoms with E-state index in [9.17, 15) is 14.4 Å². The highest BCUT2D eigenvalue weighted by Crippen LogP contribution is 2.64. The van der Waals surface area contributed by atoms with Gasteiger partial charge in [0.05, 0.1) is 11.7 Å². The van der Waals surface area contributed by atoms with E-state index >= 15 is 0 Å². The number of carbonyl (C=O) groups is 3. The molecule has 3 amide bonds. The number of benzene rings is 1. The molecule has 1 aromatic carbocycles. The standard InChI is InChI=1S/C28H32BrClN2O4/c1-5-27(11-12-27)23-28(20(15-22(33)31-23)16-7-6-8-18(30)13-16)19-10-9-17(29)14-21(19)32(24(28)34)25(35)36-26(2,3)4/h6,8-10,13-14,16,20,23H,5,7,11-12,15H2,1-4H3,(H,31,33)/t16?,20-,23+,28-/m0/s1. The van der Waals surface area contributed by atoms with Crippen molar-refractivity contribution in [3.05, 3.63) is 51.5 Å². The molecule has 8 heteroatoms. The van der Waals surface area contributed by atoms with Crippen molar-refractivity contribution in [1.29, 1.82) is 0 Å². The molecular weight excluding hydrogens is 544 g/mol. The SMILES string of the molecule is CCC1([C@H]2NC(=O)C[C@@H](C3C=C(Cl)C=CC3)[C@]23C(=O)N(C(=O)OC(C)(C)C)c2cc(Br)ccc23)CC1. The number of imide groups is 1. The molecule has 1 saturated heterocycles. The van der Waals surface area contributed by atoms with E-state index in [1.54, 1.807) is 20.8 Å². The van der Waals surface area contributed by atoms with Gasteiger partial charge in [-0.1, -0.05) is 52.7 Å². The molecule has 4 atom stereocenters. The number of halogens is 2. The van der Waals surface area contributed by atoms with Crippen LogP contribution in [0.1, 0.15) is 65.4 Å². The smallest absolute Gasteiger partial charge is 0.421 e. The summed E-state index contributed by atoms with van der Waals surface area (Å²) in [6.07, 6.45) is 8.67. The molecule has 192 valence electrons. The fourth-order valence-electron chi connectivity index (χ4n) is 6.56. The van der Waals surface area contributed by atoms with Crippen LogP contribution in [0.25, 0.3) is 0 Å². The second-order valence-electron chi connectivity index (χ2n) is 11.5. The number of amides is 3. The Morgan fingerprint density at radius 1 is 1.28 bits per heavy atom. The van der Waals surface area contributed by atoms with Crippen LogP contribution in [-0.4, -0.2) is 29.6 Å². The molecule has 2 aliphatic heterocycles. The van der Waals surface area contributed by atoms with Crippen LogP contribution in [0.2, 0.25) is 0 Å². The van der Waals surface area contributed by atoms with Crippen molar-refractivity contribution in [1.82, 2.24) is 5.32 Å². The normalized spacial score (nSPS) is 30.7. The summed E-state index contributed by atoms with van der Waals surface area (Å²) >= 11 is 9.96. The predicted molar refractivity (Wildman–Crippen MR) is 143 cm³/mol. The first-order valence-electron chi connectivity index (χ1n) is 12.6. The fraction of sp³-hybridized carbons (Fsp3) is 0.536. The van der Waals surface area contributed by atoms with Gasteiger partial charge in [0.1, 0.15) is 11.0 Å². The van der Waals surface area contributed by atoms with Gasteiger partial charge in [-0.05, 0) is 87.5 Å². The third kappa shape index (κ3) is 3.94. The van der Waals surface area contributed by atoms with Crippen molar-refractivity contribution >= 4 is 51.1 Å². The van der Waals surface area contributed by atoms with E-state index in [0.717, 1.165) is 29.3 Å².